The number of para-hydroxylation sites is 1. The summed E-state index contributed by atoms with van der Waals surface area (Å²) in [5.74, 6) is -1.30. The van der Waals surface area contributed by atoms with Gasteiger partial charge in [-0.1, -0.05) is 36.4 Å². The number of hydrogen-bond donors (Lipinski definition) is 2. The average Bonchev–Trinajstić information content (AvgIpc) is 2.74. The minimum atomic E-state index is -0.853. The SMILES string of the molecule is CNC(=O)NC(=O)COC(=O)c1cccc2c(=O)c(C)c(-c3ccccc3)oc12. The Hall–Kier alpha value is -3.94. The number of benzene rings is 2. The number of carbonyl (C=O) groups excluding carboxylic acids is 3. The molecule has 1 aromatic heterocycles. The quantitative estimate of drug-likeness (QED) is 0.657. The normalized spacial score (nSPS) is 10.4. The van der Waals surface area contributed by atoms with E-state index in [2.05, 4.69) is 5.32 Å². The third-order valence-electron chi connectivity index (χ3n) is 4.22. The van der Waals surface area contributed by atoms with Gasteiger partial charge in [-0.25, -0.2) is 9.59 Å². The number of hydrogen-bond acceptors (Lipinski definition) is 6. The molecule has 0 aliphatic heterocycles. The Balaban J connectivity index is 1.97. The monoisotopic (exact) mass is 394 g/mol. The van der Waals surface area contributed by atoms with Gasteiger partial charge < -0.3 is 14.5 Å². The Morgan fingerprint density at radius 2 is 1.76 bits per heavy atom. The standard InChI is InChI=1S/C21H18N2O6/c1-12-17(25)14-9-6-10-15(20(26)28-11-16(24)23-21(27)22-2)19(14)29-18(12)13-7-4-3-5-8-13/h3-10H,11H2,1-2H3,(H2,22,23,24,27). The first kappa shape index (κ1) is 19.8. The molecule has 0 saturated heterocycles. The van der Waals surface area contributed by atoms with Crippen LogP contribution in [0.15, 0.2) is 57.7 Å². The van der Waals surface area contributed by atoms with E-state index in [4.69, 9.17) is 9.15 Å². The van der Waals surface area contributed by atoms with Gasteiger partial charge in [0.2, 0.25) is 0 Å². The van der Waals surface area contributed by atoms with E-state index in [1.807, 2.05) is 23.5 Å². The number of ether oxygens (including phenoxy) is 1. The summed E-state index contributed by atoms with van der Waals surface area (Å²) in [7, 11) is 1.35. The van der Waals surface area contributed by atoms with Crippen LogP contribution in [0.25, 0.3) is 22.3 Å². The molecule has 0 unspecified atom stereocenters. The molecule has 3 aromatic rings. The van der Waals surface area contributed by atoms with Crippen LogP contribution in [-0.4, -0.2) is 31.6 Å². The third kappa shape index (κ3) is 4.16. The number of imide groups is 1. The molecule has 0 fully saturated rings. The second kappa shape index (κ2) is 8.39. The van der Waals surface area contributed by atoms with Crippen molar-refractivity contribution in [1.82, 2.24) is 10.6 Å². The van der Waals surface area contributed by atoms with E-state index in [1.54, 1.807) is 25.1 Å². The van der Waals surface area contributed by atoms with Crippen LogP contribution in [0.4, 0.5) is 4.79 Å². The lowest BCUT2D eigenvalue weighted by Crippen LogP contribution is -2.39. The lowest BCUT2D eigenvalue weighted by molar-refractivity contribution is -0.123. The van der Waals surface area contributed by atoms with Crippen LogP contribution in [0, 0.1) is 6.92 Å². The van der Waals surface area contributed by atoms with Gasteiger partial charge in [-0.2, -0.15) is 0 Å². The van der Waals surface area contributed by atoms with Gasteiger partial charge >= 0.3 is 12.0 Å². The van der Waals surface area contributed by atoms with Gasteiger partial charge in [0.05, 0.1) is 5.39 Å². The number of rotatable bonds is 4. The number of urea groups is 1. The fourth-order valence-corrected chi connectivity index (χ4v) is 2.77. The van der Waals surface area contributed by atoms with Crippen LogP contribution in [0.1, 0.15) is 15.9 Å². The van der Waals surface area contributed by atoms with E-state index in [9.17, 15) is 19.2 Å². The van der Waals surface area contributed by atoms with Crippen LogP contribution in [0.3, 0.4) is 0 Å². The zero-order valence-corrected chi connectivity index (χ0v) is 15.8. The summed E-state index contributed by atoms with van der Waals surface area (Å²) >= 11 is 0. The van der Waals surface area contributed by atoms with Crippen molar-refractivity contribution in [3.63, 3.8) is 0 Å². The van der Waals surface area contributed by atoms with Crippen molar-refractivity contribution in [2.75, 3.05) is 13.7 Å². The lowest BCUT2D eigenvalue weighted by Gasteiger charge is -2.10. The van der Waals surface area contributed by atoms with Crippen molar-refractivity contribution in [3.05, 3.63) is 69.9 Å². The van der Waals surface area contributed by atoms with Gasteiger partial charge in [-0.3, -0.25) is 14.9 Å². The number of amides is 3. The van der Waals surface area contributed by atoms with Gasteiger partial charge in [0.1, 0.15) is 11.3 Å². The van der Waals surface area contributed by atoms with Crippen LogP contribution in [-0.2, 0) is 9.53 Å². The van der Waals surface area contributed by atoms with E-state index in [0.717, 1.165) is 0 Å². The Morgan fingerprint density at radius 1 is 1.03 bits per heavy atom. The first-order chi connectivity index (χ1) is 13.9. The zero-order valence-electron chi connectivity index (χ0n) is 15.8. The minimum Gasteiger partial charge on any atom is -0.455 e. The molecule has 0 bridgehead atoms. The molecule has 3 rings (SSSR count). The van der Waals surface area contributed by atoms with Crippen LogP contribution >= 0.6 is 0 Å². The minimum absolute atomic E-state index is 0.00419. The zero-order chi connectivity index (χ0) is 21.0. The van der Waals surface area contributed by atoms with Crippen molar-refractivity contribution in [3.8, 4) is 11.3 Å². The Labute approximate surface area is 165 Å². The fraction of sp³-hybridized carbons (Fsp3) is 0.143. The van der Waals surface area contributed by atoms with Crippen LogP contribution in [0.5, 0.6) is 0 Å². The average molecular weight is 394 g/mol. The molecule has 1 heterocycles. The molecular formula is C21H18N2O6. The topological polar surface area (TPSA) is 115 Å². The molecule has 148 valence electrons. The van der Waals surface area contributed by atoms with Crippen molar-refractivity contribution >= 4 is 28.9 Å². The smallest absolute Gasteiger partial charge is 0.342 e. The maximum atomic E-state index is 12.8. The lowest BCUT2D eigenvalue weighted by atomic mass is 10.0. The highest BCUT2D eigenvalue weighted by molar-refractivity contribution is 6.03. The molecule has 2 aromatic carbocycles. The Kier molecular flexibility index (Phi) is 5.73. The summed E-state index contributed by atoms with van der Waals surface area (Å²) in [6, 6.07) is 12.8. The predicted octanol–water partition coefficient (Wildman–Crippen LogP) is 2.38. The van der Waals surface area contributed by atoms with Gasteiger partial charge in [-0.15, -0.1) is 0 Å². The molecule has 0 atom stereocenters. The highest BCUT2D eigenvalue weighted by Gasteiger charge is 2.20. The molecule has 0 aliphatic rings. The maximum absolute atomic E-state index is 12.8. The molecule has 2 N–H and O–H groups in total. The Bertz CT molecular complexity index is 1150. The highest BCUT2D eigenvalue weighted by atomic mass is 16.5. The van der Waals surface area contributed by atoms with E-state index < -0.39 is 24.5 Å². The molecule has 8 heteroatoms. The first-order valence-electron chi connectivity index (χ1n) is 8.73. The second-order valence-electron chi connectivity index (χ2n) is 6.14. The maximum Gasteiger partial charge on any atom is 0.342 e. The van der Waals surface area contributed by atoms with E-state index in [0.29, 0.717) is 16.9 Å². The summed E-state index contributed by atoms with van der Waals surface area (Å²) in [5.41, 5.74) is 0.914. The molecule has 0 aliphatic carbocycles. The fourth-order valence-electron chi connectivity index (χ4n) is 2.77. The number of nitrogens with one attached hydrogen (secondary N) is 2. The van der Waals surface area contributed by atoms with Crippen molar-refractivity contribution in [1.29, 1.82) is 0 Å². The van der Waals surface area contributed by atoms with Crippen molar-refractivity contribution in [2.24, 2.45) is 0 Å². The summed E-state index contributed by atoms with van der Waals surface area (Å²) in [6.07, 6.45) is 0. The van der Waals surface area contributed by atoms with Crippen molar-refractivity contribution < 1.29 is 23.5 Å². The Morgan fingerprint density at radius 3 is 2.45 bits per heavy atom. The highest BCUT2D eigenvalue weighted by Crippen LogP contribution is 2.27. The van der Waals surface area contributed by atoms with Crippen LogP contribution in [0.2, 0.25) is 0 Å². The van der Waals surface area contributed by atoms with E-state index in [1.165, 1.54) is 19.2 Å². The summed E-state index contributed by atoms with van der Waals surface area (Å²) in [6.45, 7) is 0.992. The molecule has 3 amide bonds. The van der Waals surface area contributed by atoms with Gasteiger partial charge in [0.25, 0.3) is 5.91 Å². The number of esters is 1. The van der Waals surface area contributed by atoms with Gasteiger partial charge in [0, 0.05) is 18.2 Å². The molecule has 0 spiro atoms. The molecular weight excluding hydrogens is 376 g/mol. The van der Waals surface area contributed by atoms with E-state index in [-0.39, 0.29) is 22.0 Å². The largest absolute Gasteiger partial charge is 0.455 e. The summed E-state index contributed by atoms with van der Waals surface area (Å²) in [5, 5.41) is 4.42. The first-order valence-corrected chi connectivity index (χ1v) is 8.73. The second-order valence-corrected chi connectivity index (χ2v) is 6.14. The summed E-state index contributed by atoms with van der Waals surface area (Å²) in [4.78, 5) is 48.0. The summed E-state index contributed by atoms with van der Waals surface area (Å²) < 4.78 is 10.9. The van der Waals surface area contributed by atoms with Gasteiger partial charge in [-0.05, 0) is 19.1 Å². The molecule has 0 radical (unpaired) electrons. The number of fused-ring (bicyclic) bond motifs is 1. The van der Waals surface area contributed by atoms with E-state index >= 15 is 0 Å². The van der Waals surface area contributed by atoms with Crippen molar-refractivity contribution in [2.45, 2.75) is 6.92 Å². The molecule has 0 saturated carbocycles. The number of carbonyl (C=O) groups is 3. The predicted molar refractivity (Wildman–Crippen MR) is 106 cm³/mol. The molecule has 8 nitrogen and oxygen atoms in total. The third-order valence-corrected chi connectivity index (χ3v) is 4.22. The van der Waals surface area contributed by atoms with Gasteiger partial charge in [0.15, 0.2) is 17.6 Å². The van der Waals surface area contributed by atoms with Crippen LogP contribution < -0.4 is 16.1 Å². The molecule has 29 heavy (non-hydrogen) atoms.